The van der Waals surface area contributed by atoms with Crippen LogP contribution in [-0.2, 0) is 0 Å². The number of carbonyl (C=O) groups excluding carboxylic acids is 1. The van der Waals surface area contributed by atoms with Gasteiger partial charge in [-0.1, -0.05) is 25.4 Å². The number of nitrogens with zero attached hydrogens (tertiary/aromatic N) is 3. The Labute approximate surface area is 125 Å². The number of rotatable bonds is 2. The fourth-order valence-electron chi connectivity index (χ4n) is 2.37. The molecule has 1 saturated heterocycles. The SMILES string of the molecule is CC(C)c1cc(C(=O)N2CCCN(C)CC2)cc(Cl)n1. The summed E-state index contributed by atoms with van der Waals surface area (Å²) in [5.74, 6) is 0.321. The third-order valence-corrected chi connectivity index (χ3v) is 3.85. The quantitative estimate of drug-likeness (QED) is 0.787. The molecule has 2 heterocycles. The Morgan fingerprint density at radius 3 is 2.70 bits per heavy atom. The second kappa shape index (κ2) is 6.55. The topological polar surface area (TPSA) is 36.4 Å². The van der Waals surface area contributed by atoms with Gasteiger partial charge in [-0.05, 0) is 38.1 Å². The summed E-state index contributed by atoms with van der Waals surface area (Å²) >= 11 is 6.04. The van der Waals surface area contributed by atoms with Crippen molar-refractivity contribution in [2.45, 2.75) is 26.2 Å². The maximum absolute atomic E-state index is 12.6. The molecule has 0 N–H and O–H groups in total. The summed E-state index contributed by atoms with van der Waals surface area (Å²) in [7, 11) is 2.09. The van der Waals surface area contributed by atoms with Crippen LogP contribution in [0.3, 0.4) is 0 Å². The van der Waals surface area contributed by atoms with Gasteiger partial charge >= 0.3 is 0 Å². The Kier molecular flexibility index (Phi) is 5.00. The number of carbonyl (C=O) groups is 1. The van der Waals surface area contributed by atoms with Crippen molar-refractivity contribution in [1.82, 2.24) is 14.8 Å². The second-order valence-electron chi connectivity index (χ2n) is 5.71. The van der Waals surface area contributed by atoms with Crippen LogP contribution in [0.4, 0.5) is 0 Å². The van der Waals surface area contributed by atoms with E-state index >= 15 is 0 Å². The zero-order valence-electron chi connectivity index (χ0n) is 12.4. The molecule has 1 aliphatic heterocycles. The molecule has 110 valence electrons. The van der Waals surface area contributed by atoms with Gasteiger partial charge in [0, 0.05) is 30.9 Å². The van der Waals surface area contributed by atoms with Gasteiger partial charge in [0.25, 0.3) is 5.91 Å². The van der Waals surface area contributed by atoms with Crippen molar-refractivity contribution in [3.63, 3.8) is 0 Å². The van der Waals surface area contributed by atoms with Crippen LogP contribution < -0.4 is 0 Å². The monoisotopic (exact) mass is 295 g/mol. The number of amides is 1. The van der Waals surface area contributed by atoms with Gasteiger partial charge in [-0.25, -0.2) is 4.98 Å². The van der Waals surface area contributed by atoms with Gasteiger partial charge in [-0.15, -0.1) is 0 Å². The number of aromatic nitrogens is 1. The Balaban J connectivity index is 2.19. The Morgan fingerprint density at radius 2 is 2.00 bits per heavy atom. The van der Waals surface area contributed by atoms with E-state index in [1.165, 1.54) is 0 Å². The van der Waals surface area contributed by atoms with E-state index in [0.717, 1.165) is 38.3 Å². The zero-order valence-corrected chi connectivity index (χ0v) is 13.2. The van der Waals surface area contributed by atoms with Crippen molar-refractivity contribution in [3.05, 3.63) is 28.5 Å². The van der Waals surface area contributed by atoms with Gasteiger partial charge in [0.15, 0.2) is 0 Å². The Hall–Kier alpha value is -1.13. The lowest BCUT2D eigenvalue weighted by atomic mass is 10.1. The van der Waals surface area contributed by atoms with E-state index in [9.17, 15) is 4.79 Å². The smallest absolute Gasteiger partial charge is 0.254 e. The van der Waals surface area contributed by atoms with Gasteiger partial charge in [-0.2, -0.15) is 0 Å². The number of hydrogen-bond acceptors (Lipinski definition) is 3. The van der Waals surface area contributed by atoms with Crippen molar-refractivity contribution in [3.8, 4) is 0 Å². The maximum Gasteiger partial charge on any atom is 0.254 e. The molecule has 0 bridgehead atoms. The average Bonchev–Trinajstić information content (AvgIpc) is 2.62. The van der Waals surface area contributed by atoms with Crippen LogP contribution in [0.15, 0.2) is 12.1 Å². The van der Waals surface area contributed by atoms with Crippen LogP contribution >= 0.6 is 11.6 Å². The molecule has 0 aromatic carbocycles. The van der Waals surface area contributed by atoms with Gasteiger partial charge in [0.2, 0.25) is 0 Å². The van der Waals surface area contributed by atoms with E-state index in [0.29, 0.717) is 10.7 Å². The molecule has 0 unspecified atom stereocenters. The molecule has 0 atom stereocenters. The first kappa shape index (κ1) is 15.3. The molecule has 20 heavy (non-hydrogen) atoms. The predicted molar refractivity (Wildman–Crippen MR) is 81.4 cm³/mol. The molecule has 1 aromatic rings. The molecule has 1 amide bonds. The number of pyridine rings is 1. The van der Waals surface area contributed by atoms with Crippen LogP contribution in [0.25, 0.3) is 0 Å². The normalized spacial score (nSPS) is 17.4. The van der Waals surface area contributed by atoms with Crippen molar-refractivity contribution in [2.75, 3.05) is 33.2 Å². The first-order valence-electron chi connectivity index (χ1n) is 7.12. The zero-order chi connectivity index (χ0) is 14.7. The Bertz CT molecular complexity index is 490. The van der Waals surface area contributed by atoms with Crippen LogP contribution in [-0.4, -0.2) is 53.9 Å². The van der Waals surface area contributed by atoms with Crippen LogP contribution in [0, 0.1) is 0 Å². The highest BCUT2D eigenvalue weighted by Gasteiger charge is 2.20. The lowest BCUT2D eigenvalue weighted by Crippen LogP contribution is -2.34. The minimum absolute atomic E-state index is 0.0616. The molecule has 1 aliphatic rings. The molecule has 1 aromatic heterocycles. The van der Waals surface area contributed by atoms with E-state index in [-0.39, 0.29) is 11.8 Å². The molecule has 0 radical (unpaired) electrons. The van der Waals surface area contributed by atoms with Crippen LogP contribution in [0.1, 0.15) is 42.2 Å². The van der Waals surface area contributed by atoms with Crippen LogP contribution in [0.2, 0.25) is 5.15 Å². The van der Waals surface area contributed by atoms with E-state index < -0.39 is 0 Å². The summed E-state index contributed by atoms with van der Waals surface area (Å²) < 4.78 is 0. The van der Waals surface area contributed by atoms with Crippen molar-refractivity contribution < 1.29 is 4.79 Å². The molecule has 0 saturated carbocycles. The lowest BCUT2D eigenvalue weighted by Gasteiger charge is -2.21. The summed E-state index contributed by atoms with van der Waals surface area (Å²) in [6.07, 6.45) is 1.01. The van der Waals surface area contributed by atoms with Crippen LogP contribution in [0.5, 0.6) is 0 Å². The summed E-state index contributed by atoms with van der Waals surface area (Å²) in [6, 6.07) is 3.54. The third-order valence-electron chi connectivity index (χ3n) is 3.66. The first-order chi connectivity index (χ1) is 9.47. The summed E-state index contributed by atoms with van der Waals surface area (Å²) in [5, 5.41) is 0.395. The molecule has 5 heteroatoms. The first-order valence-corrected chi connectivity index (χ1v) is 7.50. The van der Waals surface area contributed by atoms with Crippen molar-refractivity contribution in [2.24, 2.45) is 0 Å². The fourth-order valence-corrected chi connectivity index (χ4v) is 2.58. The number of halogens is 1. The summed E-state index contributed by atoms with van der Waals surface area (Å²) in [5.41, 5.74) is 1.52. The largest absolute Gasteiger partial charge is 0.337 e. The van der Waals surface area contributed by atoms with Gasteiger partial charge in [0.05, 0.1) is 0 Å². The summed E-state index contributed by atoms with van der Waals surface area (Å²) in [6.45, 7) is 7.63. The summed E-state index contributed by atoms with van der Waals surface area (Å²) in [4.78, 5) is 21.1. The van der Waals surface area contributed by atoms with E-state index in [1.807, 2.05) is 24.8 Å². The average molecular weight is 296 g/mol. The third kappa shape index (κ3) is 3.70. The van der Waals surface area contributed by atoms with E-state index in [4.69, 9.17) is 11.6 Å². The maximum atomic E-state index is 12.6. The molecular weight excluding hydrogens is 274 g/mol. The van der Waals surface area contributed by atoms with Gasteiger partial charge < -0.3 is 9.80 Å². The minimum atomic E-state index is 0.0616. The highest BCUT2D eigenvalue weighted by atomic mass is 35.5. The Morgan fingerprint density at radius 1 is 1.25 bits per heavy atom. The highest BCUT2D eigenvalue weighted by Crippen LogP contribution is 2.19. The molecule has 0 aliphatic carbocycles. The molecule has 2 rings (SSSR count). The second-order valence-corrected chi connectivity index (χ2v) is 6.09. The van der Waals surface area contributed by atoms with Crippen molar-refractivity contribution >= 4 is 17.5 Å². The number of likely N-dealkylation sites (N-methyl/N-ethyl adjacent to an activating group) is 1. The van der Waals surface area contributed by atoms with Gasteiger partial charge in [0.1, 0.15) is 5.15 Å². The lowest BCUT2D eigenvalue weighted by molar-refractivity contribution is 0.0762. The molecular formula is C15H22ClN3O. The number of hydrogen-bond donors (Lipinski definition) is 0. The standard InChI is InChI=1S/C15H22ClN3O/c1-11(2)13-9-12(10-14(16)17-13)15(20)19-6-4-5-18(3)7-8-19/h9-11H,4-8H2,1-3H3. The van der Waals surface area contributed by atoms with Crippen molar-refractivity contribution in [1.29, 1.82) is 0 Å². The highest BCUT2D eigenvalue weighted by molar-refractivity contribution is 6.29. The van der Waals surface area contributed by atoms with Gasteiger partial charge in [-0.3, -0.25) is 4.79 Å². The molecule has 0 spiro atoms. The molecule has 4 nitrogen and oxygen atoms in total. The van der Waals surface area contributed by atoms with E-state index in [2.05, 4.69) is 16.9 Å². The molecule has 1 fully saturated rings. The minimum Gasteiger partial charge on any atom is -0.337 e. The fraction of sp³-hybridized carbons (Fsp3) is 0.600. The predicted octanol–water partition coefficient (Wildman–Crippen LogP) is 2.64. The van der Waals surface area contributed by atoms with E-state index in [1.54, 1.807) is 6.07 Å².